The number of anilines is 1. The highest BCUT2D eigenvalue weighted by Gasteiger charge is 2.19. The van der Waals surface area contributed by atoms with Crippen molar-refractivity contribution in [2.45, 2.75) is 31.8 Å². The van der Waals surface area contributed by atoms with E-state index < -0.39 is 0 Å². The summed E-state index contributed by atoms with van der Waals surface area (Å²) in [6, 6.07) is 22.9. The van der Waals surface area contributed by atoms with E-state index in [1.54, 1.807) is 10.6 Å². The molecule has 5 aromatic rings. The molecule has 0 atom stereocenters. The predicted octanol–water partition coefficient (Wildman–Crippen LogP) is 5.20. The van der Waals surface area contributed by atoms with Crippen molar-refractivity contribution >= 4 is 40.0 Å². The fourth-order valence-corrected chi connectivity index (χ4v) is 4.87. The van der Waals surface area contributed by atoms with Gasteiger partial charge in [0.05, 0.1) is 22.3 Å². The summed E-state index contributed by atoms with van der Waals surface area (Å²) in [6.07, 6.45) is 0. The van der Waals surface area contributed by atoms with Gasteiger partial charge >= 0.3 is 0 Å². The molecule has 7 nitrogen and oxygen atoms in total. The molecule has 2 heterocycles. The minimum absolute atomic E-state index is 0.129. The lowest BCUT2D eigenvalue weighted by atomic mass is 10.0. The summed E-state index contributed by atoms with van der Waals surface area (Å²) in [5.74, 6) is 0.733. The smallest absolute Gasteiger partial charge is 0.267 e. The third-order valence-electron chi connectivity index (χ3n) is 5.88. The number of hydrogen-bond donors (Lipinski definition) is 1. The van der Waals surface area contributed by atoms with Crippen LogP contribution in [0, 0.1) is 6.92 Å². The third-order valence-corrected chi connectivity index (χ3v) is 6.81. The number of nitrogens with one attached hydrogen (secondary N) is 1. The fraction of sp³-hybridized carbons (Fsp3) is 0.185. The summed E-state index contributed by atoms with van der Waals surface area (Å²) in [5, 5.41) is 12.8. The van der Waals surface area contributed by atoms with Crippen LogP contribution in [0.5, 0.6) is 0 Å². The van der Waals surface area contributed by atoms with Crippen LogP contribution in [-0.2, 0) is 4.79 Å². The standard InChI is InChI=1S/C27H25N5O2S/c1-17(2)20-8-4-6-10-22(20)28-24(33)16-35-27-30-29-26-31(19-14-12-18(3)13-15-19)25(34)21-9-5-7-11-23(21)32(26)27/h4-15,17H,16H2,1-3H3,(H,28,33). The topological polar surface area (TPSA) is 81.3 Å². The Kier molecular flexibility index (Phi) is 6.13. The first-order valence-electron chi connectivity index (χ1n) is 11.4. The van der Waals surface area contributed by atoms with Gasteiger partial charge in [0.1, 0.15) is 0 Å². The molecule has 0 spiro atoms. The Hall–Kier alpha value is -3.91. The second kappa shape index (κ2) is 9.38. The second-order valence-electron chi connectivity index (χ2n) is 8.69. The minimum Gasteiger partial charge on any atom is -0.325 e. The first kappa shape index (κ1) is 22.9. The normalized spacial score (nSPS) is 11.4. The van der Waals surface area contributed by atoms with Crippen LogP contribution in [0.1, 0.15) is 30.9 Å². The van der Waals surface area contributed by atoms with E-state index in [0.29, 0.717) is 33.4 Å². The molecule has 3 aromatic carbocycles. The molecule has 0 aliphatic heterocycles. The molecule has 0 aliphatic rings. The number of aryl methyl sites for hydroxylation is 1. The van der Waals surface area contributed by atoms with Crippen LogP contribution in [0.25, 0.3) is 22.4 Å². The summed E-state index contributed by atoms with van der Waals surface area (Å²) in [5.41, 5.74) is 4.26. The van der Waals surface area contributed by atoms with E-state index in [1.165, 1.54) is 11.8 Å². The van der Waals surface area contributed by atoms with E-state index in [1.807, 2.05) is 78.1 Å². The number of aromatic nitrogens is 4. The van der Waals surface area contributed by atoms with Crippen molar-refractivity contribution < 1.29 is 4.79 Å². The van der Waals surface area contributed by atoms with Gasteiger partial charge in [-0.2, -0.15) is 0 Å². The van der Waals surface area contributed by atoms with Crippen LogP contribution in [0.3, 0.4) is 0 Å². The first-order chi connectivity index (χ1) is 16.9. The van der Waals surface area contributed by atoms with Gasteiger partial charge in [0, 0.05) is 5.69 Å². The zero-order valence-electron chi connectivity index (χ0n) is 19.7. The van der Waals surface area contributed by atoms with Crippen LogP contribution in [-0.4, -0.2) is 30.8 Å². The molecular formula is C27H25N5O2S. The number of hydrogen-bond acceptors (Lipinski definition) is 5. The lowest BCUT2D eigenvalue weighted by Gasteiger charge is -2.13. The average Bonchev–Trinajstić information content (AvgIpc) is 3.28. The lowest BCUT2D eigenvalue weighted by Crippen LogP contribution is -2.22. The summed E-state index contributed by atoms with van der Waals surface area (Å²) in [4.78, 5) is 26.2. The molecule has 0 aliphatic carbocycles. The highest BCUT2D eigenvalue weighted by Crippen LogP contribution is 2.26. The number of thioether (sulfide) groups is 1. The Labute approximate surface area is 206 Å². The molecule has 0 radical (unpaired) electrons. The maximum atomic E-state index is 13.4. The maximum absolute atomic E-state index is 13.4. The van der Waals surface area contributed by atoms with Gasteiger partial charge in [-0.15, -0.1) is 10.2 Å². The number of para-hydroxylation sites is 2. The molecule has 8 heteroatoms. The van der Waals surface area contributed by atoms with Crippen molar-refractivity contribution in [2.24, 2.45) is 0 Å². The van der Waals surface area contributed by atoms with Gasteiger partial charge < -0.3 is 5.32 Å². The zero-order chi connectivity index (χ0) is 24.5. The highest BCUT2D eigenvalue weighted by atomic mass is 32.2. The molecule has 0 saturated heterocycles. The number of carbonyl (C=O) groups excluding carboxylic acids is 1. The molecule has 1 amide bonds. The molecular weight excluding hydrogens is 458 g/mol. The van der Waals surface area contributed by atoms with E-state index in [9.17, 15) is 9.59 Å². The summed E-state index contributed by atoms with van der Waals surface area (Å²) < 4.78 is 3.41. The van der Waals surface area contributed by atoms with Crippen LogP contribution in [0.2, 0.25) is 0 Å². The minimum atomic E-state index is -0.163. The van der Waals surface area contributed by atoms with Gasteiger partial charge in [-0.3, -0.25) is 14.0 Å². The Bertz CT molecular complexity index is 1600. The largest absolute Gasteiger partial charge is 0.325 e. The maximum Gasteiger partial charge on any atom is 0.267 e. The Balaban J connectivity index is 1.52. The van der Waals surface area contributed by atoms with Gasteiger partial charge in [-0.25, -0.2) is 4.57 Å². The van der Waals surface area contributed by atoms with Crippen molar-refractivity contribution in [2.75, 3.05) is 11.1 Å². The quantitative estimate of drug-likeness (QED) is 0.336. The van der Waals surface area contributed by atoms with Gasteiger partial charge in [0.25, 0.3) is 5.56 Å². The molecule has 0 bridgehead atoms. The second-order valence-corrected chi connectivity index (χ2v) is 9.63. The summed E-state index contributed by atoms with van der Waals surface area (Å²) >= 11 is 1.29. The third kappa shape index (κ3) is 4.33. The summed E-state index contributed by atoms with van der Waals surface area (Å²) in [7, 11) is 0. The van der Waals surface area contributed by atoms with Crippen molar-refractivity contribution in [1.82, 2.24) is 19.2 Å². The number of carbonyl (C=O) groups is 1. The first-order valence-corrected chi connectivity index (χ1v) is 12.4. The van der Waals surface area contributed by atoms with Gasteiger partial charge in [-0.05, 0) is 48.7 Å². The lowest BCUT2D eigenvalue weighted by molar-refractivity contribution is -0.113. The molecule has 0 saturated carbocycles. The van der Waals surface area contributed by atoms with Crippen LogP contribution >= 0.6 is 11.8 Å². The molecule has 5 rings (SSSR count). The van der Waals surface area contributed by atoms with Gasteiger partial charge in [-0.1, -0.05) is 73.6 Å². The molecule has 2 aromatic heterocycles. The van der Waals surface area contributed by atoms with E-state index in [4.69, 9.17) is 0 Å². The van der Waals surface area contributed by atoms with Crippen molar-refractivity contribution in [3.63, 3.8) is 0 Å². The van der Waals surface area contributed by atoms with Crippen LogP contribution < -0.4 is 10.9 Å². The Morgan fingerprint density at radius 2 is 1.69 bits per heavy atom. The SMILES string of the molecule is Cc1ccc(-n2c(=O)c3ccccc3n3c(SCC(=O)Nc4ccccc4C(C)C)nnc23)cc1. The monoisotopic (exact) mass is 483 g/mol. The highest BCUT2D eigenvalue weighted by molar-refractivity contribution is 7.99. The predicted molar refractivity (Wildman–Crippen MR) is 141 cm³/mol. The Morgan fingerprint density at radius 1 is 0.971 bits per heavy atom. The van der Waals surface area contributed by atoms with Crippen LogP contribution in [0.4, 0.5) is 5.69 Å². The molecule has 176 valence electrons. The van der Waals surface area contributed by atoms with Crippen molar-refractivity contribution in [3.8, 4) is 5.69 Å². The Morgan fingerprint density at radius 3 is 2.46 bits per heavy atom. The molecule has 1 N–H and O–H groups in total. The zero-order valence-corrected chi connectivity index (χ0v) is 20.5. The number of nitrogens with zero attached hydrogens (tertiary/aromatic N) is 4. The number of amides is 1. The van der Waals surface area contributed by atoms with Crippen molar-refractivity contribution in [3.05, 3.63) is 94.3 Å². The van der Waals surface area contributed by atoms with Crippen molar-refractivity contribution in [1.29, 1.82) is 0 Å². The summed E-state index contributed by atoms with van der Waals surface area (Å²) in [6.45, 7) is 6.19. The molecule has 0 unspecified atom stereocenters. The van der Waals surface area contributed by atoms with Crippen LogP contribution in [0.15, 0.2) is 82.7 Å². The number of benzene rings is 3. The van der Waals surface area contributed by atoms with Gasteiger partial charge in [0.15, 0.2) is 5.16 Å². The fourth-order valence-electron chi connectivity index (χ4n) is 4.13. The number of rotatable bonds is 6. The van der Waals surface area contributed by atoms with E-state index in [-0.39, 0.29) is 17.2 Å². The van der Waals surface area contributed by atoms with Gasteiger partial charge in [0.2, 0.25) is 11.7 Å². The number of fused-ring (bicyclic) bond motifs is 3. The average molecular weight is 484 g/mol. The van der Waals surface area contributed by atoms with E-state index >= 15 is 0 Å². The van der Waals surface area contributed by atoms with E-state index in [0.717, 1.165) is 16.8 Å². The molecule has 35 heavy (non-hydrogen) atoms. The van der Waals surface area contributed by atoms with E-state index in [2.05, 4.69) is 29.4 Å². The molecule has 0 fully saturated rings.